The van der Waals surface area contributed by atoms with Crippen molar-refractivity contribution in [3.63, 3.8) is 0 Å². The van der Waals surface area contributed by atoms with E-state index in [4.69, 9.17) is 16.9 Å². The summed E-state index contributed by atoms with van der Waals surface area (Å²) < 4.78 is 0. The molecule has 1 rings (SSSR count). The Morgan fingerprint density at radius 1 is 1.57 bits per heavy atom. The lowest BCUT2D eigenvalue weighted by Crippen LogP contribution is -1.92. The Morgan fingerprint density at radius 3 is 2.86 bits per heavy atom. The number of hydrogen-bond acceptors (Lipinski definition) is 3. The molecule has 0 aliphatic heterocycles. The maximum atomic E-state index is 8.72. The van der Waals surface area contributed by atoms with Crippen molar-refractivity contribution in [1.29, 1.82) is 5.26 Å². The van der Waals surface area contributed by atoms with Gasteiger partial charge in [0.05, 0.1) is 16.7 Å². The van der Waals surface area contributed by atoms with Gasteiger partial charge in [-0.3, -0.25) is 0 Å². The third-order valence-corrected chi connectivity index (χ3v) is 3.00. The number of halogens is 1. The van der Waals surface area contributed by atoms with Crippen molar-refractivity contribution in [1.82, 2.24) is 4.98 Å². The summed E-state index contributed by atoms with van der Waals surface area (Å²) in [5, 5.41) is 9.92. The SMILES string of the molecule is CC(C)CSc1cc(C#N)cc(Cl)n1. The molecule has 0 N–H and O–H groups in total. The molecule has 0 spiro atoms. The van der Waals surface area contributed by atoms with Gasteiger partial charge in [0.15, 0.2) is 0 Å². The summed E-state index contributed by atoms with van der Waals surface area (Å²) in [6.07, 6.45) is 0. The number of pyridine rings is 1. The maximum Gasteiger partial charge on any atom is 0.131 e. The molecular formula is C10H11ClN2S. The first-order valence-corrected chi connectivity index (χ1v) is 5.68. The van der Waals surface area contributed by atoms with Crippen LogP contribution in [0.3, 0.4) is 0 Å². The number of hydrogen-bond donors (Lipinski definition) is 0. The summed E-state index contributed by atoms with van der Waals surface area (Å²) in [6.45, 7) is 4.28. The quantitative estimate of drug-likeness (QED) is 0.586. The van der Waals surface area contributed by atoms with Gasteiger partial charge in [-0.1, -0.05) is 25.4 Å². The van der Waals surface area contributed by atoms with Crippen LogP contribution in [0.5, 0.6) is 0 Å². The number of nitriles is 1. The van der Waals surface area contributed by atoms with Crippen molar-refractivity contribution in [2.45, 2.75) is 18.9 Å². The molecule has 1 aromatic heterocycles. The fourth-order valence-corrected chi connectivity index (χ4v) is 2.00. The van der Waals surface area contributed by atoms with Crippen LogP contribution < -0.4 is 0 Å². The molecule has 0 aliphatic rings. The molecule has 0 saturated carbocycles. The minimum atomic E-state index is 0.385. The second-order valence-corrected chi connectivity index (χ2v) is 4.76. The van der Waals surface area contributed by atoms with E-state index in [1.54, 1.807) is 23.9 Å². The molecular weight excluding hydrogens is 216 g/mol. The van der Waals surface area contributed by atoms with Gasteiger partial charge >= 0.3 is 0 Å². The number of nitrogens with zero attached hydrogens (tertiary/aromatic N) is 2. The Bertz CT molecular complexity index is 358. The minimum Gasteiger partial charge on any atom is -0.230 e. The molecule has 1 heterocycles. The molecule has 1 aromatic rings. The highest BCUT2D eigenvalue weighted by molar-refractivity contribution is 7.99. The summed E-state index contributed by atoms with van der Waals surface area (Å²) in [5.41, 5.74) is 0.566. The average Bonchev–Trinajstić information content (AvgIpc) is 2.14. The predicted octanol–water partition coefficient (Wildman–Crippen LogP) is 3.35. The van der Waals surface area contributed by atoms with E-state index in [9.17, 15) is 0 Å². The van der Waals surface area contributed by atoms with Gasteiger partial charge in [-0.15, -0.1) is 11.8 Å². The lowest BCUT2D eigenvalue weighted by Gasteiger charge is -2.04. The van der Waals surface area contributed by atoms with Crippen molar-refractivity contribution >= 4 is 23.4 Å². The first kappa shape index (κ1) is 11.4. The molecule has 0 fully saturated rings. The van der Waals surface area contributed by atoms with Crippen LogP contribution in [0.1, 0.15) is 19.4 Å². The average molecular weight is 227 g/mol. The Balaban J connectivity index is 2.78. The zero-order chi connectivity index (χ0) is 10.6. The van der Waals surface area contributed by atoms with Crippen LogP contribution in [0.2, 0.25) is 5.15 Å². The highest BCUT2D eigenvalue weighted by atomic mass is 35.5. The zero-order valence-corrected chi connectivity index (χ0v) is 9.69. The molecule has 0 unspecified atom stereocenters. The van der Waals surface area contributed by atoms with Crippen molar-refractivity contribution in [3.05, 3.63) is 22.8 Å². The topological polar surface area (TPSA) is 36.7 Å². The summed E-state index contributed by atoms with van der Waals surface area (Å²) in [6, 6.07) is 5.39. The first-order chi connectivity index (χ1) is 6.61. The molecule has 0 amide bonds. The van der Waals surface area contributed by atoms with Gasteiger partial charge in [-0.2, -0.15) is 5.26 Å². The third kappa shape index (κ3) is 3.57. The van der Waals surface area contributed by atoms with Crippen molar-refractivity contribution < 1.29 is 0 Å². The highest BCUT2D eigenvalue weighted by Gasteiger charge is 2.02. The van der Waals surface area contributed by atoms with Crippen LogP contribution in [0.15, 0.2) is 17.2 Å². The van der Waals surface area contributed by atoms with Gasteiger partial charge in [0.2, 0.25) is 0 Å². The Labute approximate surface area is 93.3 Å². The monoisotopic (exact) mass is 226 g/mol. The molecule has 14 heavy (non-hydrogen) atoms. The van der Waals surface area contributed by atoms with Crippen LogP contribution in [0.25, 0.3) is 0 Å². The third-order valence-electron chi connectivity index (χ3n) is 1.46. The van der Waals surface area contributed by atoms with Gasteiger partial charge < -0.3 is 0 Å². The van der Waals surface area contributed by atoms with Gasteiger partial charge in [0.1, 0.15) is 5.15 Å². The molecule has 0 aliphatic carbocycles. The number of aromatic nitrogens is 1. The predicted molar refractivity (Wildman–Crippen MR) is 59.5 cm³/mol. The second-order valence-electron chi connectivity index (χ2n) is 3.33. The van der Waals surface area contributed by atoms with E-state index in [-0.39, 0.29) is 0 Å². The molecule has 0 bridgehead atoms. The molecule has 74 valence electrons. The normalized spacial score (nSPS) is 10.2. The lowest BCUT2D eigenvalue weighted by molar-refractivity contribution is 0.749. The van der Waals surface area contributed by atoms with E-state index >= 15 is 0 Å². The number of rotatable bonds is 3. The molecule has 0 saturated heterocycles. The van der Waals surface area contributed by atoms with E-state index in [1.807, 2.05) is 0 Å². The fourth-order valence-electron chi connectivity index (χ4n) is 0.863. The molecule has 0 aromatic carbocycles. The Hall–Kier alpha value is -0.720. The standard InChI is InChI=1S/C10H11ClN2S/c1-7(2)6-14-10-4-8(5-12)3-9(11)13-10/h3-4,7H,6H2,1-2H3. The van der Waals surface area contributed by atoms with Crippen LogP contribution in [0.4, 0.5) is 0 Å². The maximum absolute atomic E-state index is 8.72. The minimum absolute atomic E-state index is 0.385. The van der Waals surface area contributed by atoms with Gasteiger partial charge in [0.25, 0.3) is 0 Å². The first-order valence-electron chi connectivity index (χ1n) is 4.32. The van der Waals surface area contributed by atoms with Crippen LogP contribution in [-0.4, -0.2) is 10.7 Å². The van der Waals surface area contributed by atoms with Crippen LogP contribution in [-0.2, 0) is 0 Å². The van der Waals surface area contributed by atoms with E-state index < -0.39 is 0 Å². The Kier molecular flexibility index (Phi) is 4.24. The summed E-state index contributed by atoms with van der Waals surface area (Å²) in [5.74, 6) is 1.59. The number of thioether (sulfide) groups is 1. The smallest absolute Gasteiger partial charge is 0.131 e. The van der Waals surface area contributed by atoms with Crippen molar-refractivity contribution in [3.8, 4) is 6.07 Å². The highest BCUT2D eigenvalue weighted by Crippen LogP contribution is 2.21. The van der Waals surface area contributed by atoms with Crippen LogP contribution in [0, 0.1) is 17.2 Å². The van der Waals surface area contributed by atoms with Crippen molar-refractivity contribution in [2.24, 2.45) is 5.92 Å². The molecule has 0 radical (unpaired) electrons. The van der Waals surface area contributed by atoms with E-state index in [0.717, 1.165) is 10.8 Å². The molecule has 0 atom stereocenters. The Morgan fingerprint density at radius 2 is 2.29 bits per heavy atom. The van der Waals surface area contributed by atoms with Gasteiger partial charge in [-0.05, 0) is 18.1 Å². The van der Waals surface area contributed by atoms with Gasteiger partial charge in [0, 0.05) is 5.75 Å². The van der Waals surface area contributed by atoms with E-state index in [1.165, 1.54) is 0 Å². The summed E-state index contributed by atoms with van der Waals surface area (Å²) in [4.78, 5) is 4.13. The van der Waals surface area contributed by atoms with E-state index in [0.29, 0.717) is 16.6 Å². The van der Waals surface area contributed by atoms with E-state index in [2.05, 4.69) is 24.9 Å². The summed E-state index contributed by atoms with van der Waals surface area (Å²) >= 11 is 7.39. The van der Waals surface area contributed by atoms with Crippen LogP contribution >= 0.6 is 23.4 Å². The lowest BCUT2D eigenvalue weighted by atomic mass is 10.3. The second kappa shape index (κ2) is 5.23. The fraction of sp³-hybridized carbons (Fsp3) is 0.400. The largest absolute Gasteiger partial charge is 0.230 e. The molecule has 2 nitrogen and oxygen atoms in total. The van der Waals surface area contributed by atoms with Crippen molar-refractivity contribution in [2.75, 3.05) is 5.75 Å². The molecule has 4 heteroatoms. The summed E-state index contributed by atoms with van der Waals surface area (Å²) in [7, 11) is 0. The zero-order valence-electron chi connectivity index (χ0n) is 8.12. The van der Waals surface area contributed by atoms with Gasteiger partial charge in [-0.25, -0.2) is 4.98 Å².